The first-order valence-electron chi connectivity index (χ1n) is 6.50. The Morgan fingerprint density at radius 3 is 2.70 bits per heavy atom. The second-order valence-corrected chi connectivity index (χ2v) is 5.06. The number of nitrogens with one attached hydrogen (secondary N) is 2. The number of fused-ring (bicyclic) bond motifs is 1. The van der Waals surface area contributed by atoms with Gasteiger partial charge in [-0.2, -0.15) is 0 Å². The number of anilines is 1. The summed E-state index contributed by atoms with van der Waals surface area (Å²) < 4.78 is 5.26. The number of furan rings is 1. The van der Waals surface area contributed by atoms with E-state index in [0.717, 1.165) is 27.8 Å². The first kappa shape index (κ1) is 12.5. The first-order valence-corrected chi connectivity index (χ1v) is 6.50. The van der Waals surface area contributed by atoms with Crippen LogP contribution in [0.1, 0.15) is 27.4 Å². The van der Waals surface area contributed by atoms with E-state index in [0.29, 0.717) is 11.3 Å². The molecule has 20 heavy (non-hydrogen) atoms. The van der Waals surface area contributed by atoms with E-state index in [9.17, 15) is 4.79 Å². The maximum Gasteiger partial charge on any atom is 0.259 e. The number of H-pyrrole nitrogens is 1. The van der Waals surface area contributed by atoms with Gasteiger partial charge in [-0.05, 0) is 45.0 Å². The molecule has 0 saturated carbocycles. The number of carbonyl (C=O) groups excluding carboxylic acids is 1. The lowest BCUT2D eigenvalue weighted by Gasteiger charge is -2.05. The van der Waals surface area contributed by atoms with Gasteiger partial charge in [0.05, 0.1) is 11.8 Å². The normalized spacial score (nSPS) is 10.9. The molecule has 0 aliphatic rings. The topological polar surface area (TPSA) is 58.0 Å². The monoisotopic (exact) mass is 268 g/mol. The number of rotatable bonds is 2. The van der Waals surface area contributed by atoms with Gasteiger partial charge in [-0.1, -0.05) is 0 Å². The van der Waals surface area contributed by atoms with Crippen molar-refractivity contribution in [3.05, 3.63) is 53.1 Å². The zero-order chi connectivity index (χ0) is 14.3. The van der Waals surface area contributed by atoms with E-state index in [-0.39, 0.29) is 5.91 Å². The van der Waals surface area contributed by atoms with Crippen molar-refractivity contribution in [2.75, 3.05) is 5.32 Å². The molecular weight excluding hydrogens is 252 g/mol. The quantitative estimate of drug-likeness (QED) is 0.739. The molecule has 1 amide bonds. The molecule has 0 unspecified atom stereocenters. The summed E-state index contributed by atoms with van der Waals surface area (Å²) in [5.74, 6) is 0.499. The third kappa shape index (κ3) is 2.09. The third-order valence-electron chi connectivity index (χ3n) is 3.40. The lowest BCUT2D eigenvalue weighted by Crippen LogP contribution is -2.13. The largest absolute Gasteiger partial charge is 0.469 e. The molecule has 102 valence electrons. The lowest BCUT2D eigenvalue weighted by molar-refractivity contribution is 0.102. The second kappa shape index (κ2) is 4.56. The van der Waals surface area contributed by atoms with Gasteiger partial charge in [-0.15, -0.1) is 0 Å². The molecule has 1 aromatic carbocycles. The van der Waals surface area contributed by atoms with Crippen molar-refractivity contribution in [2.45, 2.75) is 20.8 Å². The Hall–Kier alpha value is -2.49. The molecule has 2 N–H and O–H groups in total. The second-order valence-electron chi connectivity index (χ2n) is 5.06. The van der Waals surface area contributed by atoms with E-state index >= 15 is 0 Å². The molecule has 3 aromatic rings. The zero-order valence-electron chi connectivity index (χ0n) is 11.7. The van der Waals surface area contributed by atoms with Crippen molar-refractivity contribution >= 4 is 22.5 Å². The average Bonchev–Trinajstić information content (AvgIpc) is 2.91. The number of hydrogen-bond donors (Lipinski definition) is 2. The average molecular weight is 268 g/mol. The number of aromatic amines is 1. The van der Waals surface area contributed by atoms with Crippen LogP contribution in [0.25, 0.3) is 10.9 Å². The van der Waals surface area contributed by atoms with E-state index in [2.05, 4.69) is 16.4 Å². The summed E-state index contributed by atoms with van der Waals surface area (Å²) in [5, 5.41) is 4.00. The molecule has 0 spiro atoms. The van der Waals surface area contributed by atoms with Crippen LogP contribution in [0.5, 0.6) is 0 Å². The van der Waals surface area contributed by atoms with Crippen molar-refractivity contribution in [3.8, 4) is 0 Å². The van der Waals surface area contributed by atoms with Crippen molar-refractivity contribution in [1.29, 1.82) is 0 Å². The van der Waals surface area contributed by atoms with Crippen LogP contribution in [0.2, 0.25) is 0 Å². The van der Waals surface area contributed by atoms with Crippen molar-refractivity contribution in [2.24, 2.45) is 0 Å². The van der Waals surface area contributed by atoms with Crippen molar-refractivity contribution in [3.63, 3.8) is 0 Å². The van der Waals surface area contributed by atoms with Gasteiger partial charge < -0.3 is 14.7 Å². The van der Waals surface area contributed by atoms with Gasteiger partial charge in [0.15, 0.2) is 0 Å². The van der Waals surface area contributed by atoms with Gasteiger partial charge in [0.25, 0.3) is 5.91 Å². The van der Waals surface area contributed by atoms with Crippen LogP contribution in [-0.2, 0) is 0 Å². The minimum Gasteiger partial charge on any atom is -0.469 e. The standard InChI is InChI=1S/C16H16N2O2/c1-9-8-20-11(3)15(9)16(19)18-13-4-5-14-12(7-13)6-10(2)17-14/h4-8,17H,1-3H3,(H,18,19). The molecule has 0 aliphatic heterocycles. The summed E-state index contributed by atoms with van der Waals surface area (Å²) in [7, 11) is 0. The van der Waals surface area contributed by atoms with Crippen LogP contribution < -0.4 is 5.32 Å². The molecule has 4 heteroatoms. The Balaban J connectivity index is 1.91. The minimum atomic E-state index is -0.139. The summed E-state index contributed by atoms with van der Waals surface area (Å²) in [6.45, 7) is 5.67. The molecule has 0 bridgehead atoms. The molecule has 0 saturated heterocycles. The summed E-state index contributed by atoms with van der Waals surface area (Å²) >= 11 is 0. The van der Waals surface area contributed by atoms with E-state index in [1.165, 1.54) is 0 Å². The van der Waals surface area contributed by atoms with Gasteiger partial charge in [0.1, 0.15) is 5.76 Å². The zero-order valence-corrected chi connectivity index (χ0v) is 11.7. The highest BCUT2D eigenvalue weighted by molar-refractivity contribution is 6.06. The highest BCUT2D eigenvalue weighted by Crippen LogP contribution is 2.22. The van der Waals surface area contributed by atoms with Crippen LogP contribution in [0.4, 0.5) is 5.69 Å². The van der Waals surface area contributed by atoms with E-state index < -0.39 is 0 Å². The molecule has 0 fully saturated rings. The predicted molar refractivity (Wildman–Crippen MR) is 79.2 cm³/mol. The maximum absolute atomic E-state index is 12.3. The first-order chi connectivity index (χ1) is 9.54. The van der Waals surface area contributed by atoms with Crippen LogP contribution in [0.15, 0.2) is 34.9 Å². The van der Waals surface area contributed by atoms with Gasteiger partial charge in [-0.25, -0.2) is 0 Å². The van der Waals surface area contributed by atoms with Gasteiger partial charge in [-0.3, -0.25) is 4.79 Å². The Kier molecular flexibility index (Phi) is 2.86. The molecule has 0 atom stereocenters. The Bertz CT molecular complexity index is 777. The summed E-state index contributed by atoms with van der Waals surface area (Å²) in [6.07, 6.45) is 1.60. The van der Waals surface area contributed by atoms with E-state index in [1.807, 2.05) is 32.0 Å². The highest BCUT2D eigenvalue weighted by atomic mass is 16.3. The van der Waals surface area contributed by atoms with Crippen molar-refractivity contribution < 1.29 is 9.21 Å². The molecule has 3 rings (SSSR count). The lowest BCUT2D eigenvalue weighted by atomic mass is 10.1. The van der Waals surface area contributed by atoms with Gasteiger partial charge in [0, 0.05) is 27.8 Å². The molecule has 2 heterocycles. The molecular formula is C16H16N2O2. The molecule has 2 aromatic heterocycles. The smallest absolute Gasteiger partial charge is 0.259 e. The number of benzene rings is 1. The van der Waals surface area contributed by atoms with Crippen LogP contribution in [0, 0.1) is 20.8 Å². The third-order valence-corrected chi connectivity index (χ3v) is 3.40. The predicted octanol–water partition coefficient (Wildman–Crippen LogP) is 3.94. The van der Waals surface area contributed by atoms with E-state index in [4.69, 9.17) is 4.42 Å². The van der Waals surface area contributed by atoms with Crippen LogP contribution in [-0.4, -0.2) is 10.9 Å². The van der Waals surface area contributed by atoms with Crippen LogP contribution >= 0.6 is 0 Å². The SMILES string of the molecule is Cc1cc2cc(NC(=O)c3c(C)coc3C)ccc2[nH]1. The fourth-order valence-electron chi connectivity index (χ4n) is 2.46. The Morgan fingerprint density at radius 2 is 2.00 bits per heavy atom. The van der Waals surface area contributed by atoms with Gasteiger partial charge >= 0.3 is 0 Å². The number of hydrogen-bond acceptors (Lipinski definition) is 2. The summed E-state index contributed by atoms with van der Waals surface area (Å²) in [6, 6.07) is 7.87. The highest BCUT2D eigenvalue weighted by Gasteiger charge is 2.15. The minimum absolute atomic E-state index is 0.139. The summed E-state index contributed by atoms with van der Waals surface area (Å²) in [4.78, 5) is 15.5. The molecule has 4 nitrogen and oxygen atoms in total. The molecule has 0 aliphatic carbocycles. The fourth-order valence-corrected chi connectivity index (χ4v) is 2.46. The van der Waals surface area contributed by atoms with Crippen LogP contribution in [0.3, 0.4) is 0 Å². The number of amides is 1. The Labute approximate surface area is 116 Å². The maximum atomic E-state index is 12.3. The number of aromatic nitrogens is 1. The van der Waals surface area contributed by atoms with Gasteiger partial charge in [0.2, 0.25) is 0 Å². The fraction of sp³-hybridized carbons (Fsp3) is 0.188. The molecule has 0 radical (unpaired) electrons. The van der Waals surface area contributed by atoms with E-state index in [1.54, 1.807) is 13.2 Å². The number of carbonyl (C=O) groups is 1. The Morgan fingerprint density at radius 1 is 1.20 bits per heavy atom. The number of aryl methyl sites for hydroxylation is 3. The summed E-state index contributed by atoms with van der Waals surface area (Å²) in [5.41, 5.74) is 4.40. The van der Waals surface area contributed by atoms with Crippen molar-refractivity contribution in [1.82, 2.24) is 4.98 Å².